The molecule has 4 nitrogen and oxygen atoms in total. The lowest BCUT2D eigenvalue weighted by Crippen LogP contribution is -2.59. The van der Waals surface area contributed by atoms with E-state index in [1.54, 1.807) is 13.8 Å². The molecule has 1 fully saturated rings. The molecule has 1 saturated heterocycles. The van der Waals surface area contributed by atoms with Gasteiger partial charge in [0.15, 0.2) is 11.8 Å². The van der Waals surface area contributed by atoms with Crippen LogP contribution in [0.2, 0.25) is 0 Å². The second kappa shape index (κ2) is 6.11. The Hall–Kier alpha value is -0.740. The zero-order valence-corrected chi connectivity index (χ0v) is 11.1. The lowest BCUT2D eigenvalue weighted by atomic mass is 10.1. The fourth-order valence-electron chi connectivity index (χ4n) is 2.39. The van der Waals surface area contributed by atoms with E-state index in [1.165, 1.54) is 0 Å². The number of ketones is 1. The fraction of sp³-hybridized carbons (Fsp3) is 0.833. The van der Waals surface area contributed by atoms with Crippen molar-refractivity contribution in [1.29, 1.82) is 0 Å². The summed E-state index contributed by atoms with van der Waals surface area (Å²) in [7, 11) is 1.82. The molecule has 1 aliphatic heterocycles. The molecular formula is C12H25N2O2+. The molecule has 0 saturated carbocycles. The lowest BCUT2D eigenvalue weighted by molar-refractivity contribution is -0.837. The van der Waals surface area contributed by atoms with E-state index in [-0.39, 0.29) is 22.2 Å². The largest absolute Gasteiger partial charge is 0.330 e. The van der Waals surface area contributed by atoms with Gasteiger partial charge in [-0.15, -0.1) is 0 Å². The van der Waals surface area contributed by atoms with Crippen LogP contribution >= 0.6 is 0 Å². The highest BCUT2D eigenvalue weighted by molar-refractivity contribution is 5.84. The van der Waals surface area contributed by atoms with Crippen LogP contribution in [0.5, 0.6) is 0 Å². The number of Topliss-reactive ketones (excluding diaryl/α,β-unsaturated/α-hetero) is 1. The number of likely N-dealkylation sites (tertiary alicyclic amines) is 1. The maximum Gasteiger partial charge on any atom is 0.330 e. The fourth-order valence-corrected chi connectivity index (χ4v) is 2.39. The molecule has 0 radical (unpaired) electrons. The predicted molar refractivity (Wildman–Crippen MR) is 64.8 cm³/mol. The standard InChI is InChI=1S/C10H19N2O2.C2H6/c1-7(11)10(14)12(3)6-4-5-9(12)8(2)13;1-2/h7,9H,4-6,11H2,1-3H3;1-2H3/q+1;. The Morgan fingerprint density at radius 3 is 2.25 bits per heavy atom. The van der Waals surface area contributed by atoms with Crippen LogP contribution in [0.4, 0.5) is 0 Å². The Morgan fingerprint density at radius 2 is 1.88 bits per heavy atom. The van der Waals surface area contributed by atoms with Crippen LogP contribution < -0.4 is 5.73 Å². The normalized spacial score (nSPS) is 30.2. The van der Waals surface area contributed by atoms with Crippen molar-refractivity contribution in [2.24, 2.45) is 5.73 Å². The Labute approximate surface area is 98.4 Å². The van der Waals surface area contributed by atoms with Gasteiger partial charge in [-0.3, -0.25) is 9.28 Å². The number of likely N-dealkylation sites (N-methyl/N-ethyl adjacent to an activating group) is 1. The van der Waals surface area contributed by atoms with Crippen LogP contribution in [0.3, 0.4) is 0 Å². The zero-order valence-electron chi connectivity index (χ0n) is 11.1. The summed E-state index contributed by atoms with van der Waals surface area (Å²) in [5, 5.41) is 0. The number of amides is 1. The summed E-state index contributed by atoms with van der Waals surface area (Å²) in [4.78, 5) is 23.3. The van der Waals surface area contributed by atoms with Crippen molar-refractivity contribution in [2.45, 2.75) is 52.6 Å². The minimum Gasteiger partial charge on any atom is -0.317 e. The first kappa shape index (κ1) is 15.3. The molecule has 3 unspecified atom stereocenters. The highest BCUT2D eigenvalue weighted by atomic mass is 16.2. The molecule has 94 valence electrons. The first-order valence-corrected chi connectivity index (χ1v) is 6.05. The minimum atomic E-state index is -0.486. The van der Waals surface area contributed by atoms with Crippen LogP contribution in [0, 0.1) is 0 Å². The number of hydrogen-bond donors (Lipinski definition) is 1. The summed E-state index contributed by atoms with van der Waals surface area (Å²) in [6, 6.07) is -0.659. The second-order valence-corrected chi connectivity index (χ2v) is 4.39. The smallest absolute Gasteiger partial charge is 0.317 e. The number of hydrogen-bond acceptors (Lipinski definition) is 3. The number of nitrogens with two attached hydrogens (primary N) is 1. The van der Waals surface area contributed by atoms with Gasteiger partial charge < -0.3 is 5.73 Å². The number of carbonyl (C=O) groups is 2. The monoisotopic (exact) mass is 229 g/mol. The minimum absolute atomic E-state index is 0.0253. The van der Waals surface area contributed by atoms with E-state index >= 15 is 0 Å². The van der Waals surface area contributed by atoms with Gasteiger partial charge in [0.25, 0.3) is 0 Å². The van der Waals surface area contributed by atoms with Gasteiger partial charge in [0.1, 0.15) is 6.04 Å². The quantitative estimate of drug-likeness (QED) is 0.721. The molecule has 1 amide bonds. The molecule has 1 heterocycles. The number of nitrogens with zero attached hydrogens (tertiary/aromatic N) is 1. The summed E-state index contributed by atoms with van der Waals surface area (Å²) in [6.07, 6.45) is 1.74. The third-order valence-corrected chi connectivity index (χ3v) is 3.15. The molecule has 0 aromatic rings. The highest BCUT2D eigenvalue weighted by Gasteiger charge is 2.47. The molecule has 4 heteroatoms. The van der Waals surface area contributed by atoms with E-state index < -0.39 is 6.04 Å². The van der Waals surface area contributed by atoms with E-state index in [4.69, 9.17) is 5.73 Å². The van der Waals surface area contributed by atoms with E-state index in [9.17, 15) is 9.59 Å². The molecule has 1 rings (SSSR count). The van der Waals surface area contributed by atoms with Crippen molar-refractivity contribution < 1.29 is 14.1 Å². The number of carbonyl (C=O) groups excluding carboxylic acids is 2. The predicted octanol–water partition coefficient (Wildman–Crippen LogP) is 1.08. The Balaban J connectivity index is 0.00000106. The molecule has 0 bridgehead atoms. The molecule has 0 spiro atoms. The molecule has 3 atom stereocenters. The average molecular weight is 229 g/mol. The summed E-state index contributed by atoms with van der Waals surface area (Å²) in [5.74, 6) is 0.0710. The SMILES string of the molecule is CC.CC(=O)C1CCC[N+]1(C)C(=O)C(C)N. The van der Waals surface area contributed by atoms with Crippen LogP contribution in [0.25, 0.3) is 0 Å². The Bertz CT molecular complexity index is 264. The maximum absolute atomic E-state index is 11.9. The first-order chi connectivity index (χ1) is 7.39. The van der Waals surface area contributed by atoms with Crippen molar-refractivity contribution in [3.05, 3.63) is 0 Å². The van der Waals surface area contributed by atoms with Gasteiger partial charge in [0.2, 0.25) is 0 Å². The van der Waals surface area contributed by atoms with Crippen molar-refractivity contribution in [2.75, 3.05) is 13.6 Å². The van der Waals surface area contributed by atoms with Crippen molar-refractivity contribution in [1.82, 2.24) is 0 Å². The molecule has 0 aliphatic carbocycles. The number of quaternary nitrogens is 1. The summed E-state index contributed by atoms with van der Waals surface area (Å²) >= 11 is 0. The molecule has 0 aromatic carbocycles. The second-order valence-electron chi connectivity index (χ2n) is 4.39. The van der Waals surface area contributed by atoms with Crippen LogP contribution in [-0.2, 0) is 9.59 Å². The van der Waals surface area contributed by atoms with Crippen LogP contribution in [-0.4, -0.2) is 41.8 Å². The Morgan fingerprint density at radius 1 is 1.38 bits per heavy atom. The molecular weight excluding hydrogens is 204 g/mol. The van der Waals surface area contributed by atoms with Crippen LogP contribution in [0.15, 0.2) is 0 Å². The van der Waals surface area contributed by atoms with Gasteiger partial charge in [0.05, 0.1) is 13.6 Å². The summed E-state index contributed by atoms with van der Waals surface area (Å²) in [6.45, 7) is 7.98. The van der Waals surface area contributed by atoms with Crippen molar-refractivity contribution in [3.63, 3.8) is 0 Å². The third-order valence-electron chi connectivity index (χ3n) is 3.15. The Kier molecular flexibility index (Phi) is 5.83. The highest BCUT2D eigenvalue weighted by Crippen LogP contribution is 2.26. The zero-order chi connectivity index (χ0) is 12.9. The van der Waals surface area contributed by atoms with Gasteiger partial charge >= 0.3 is 5.91 Å². The van der Waals surface area contributed by atoms with Gasteiger partial charge in [-0.2, -0.15) is 0 Å². The average Bonchev–Trinajstić information content (AvgIpc) is 2.63. The van der Waals surface area contributed by atoms with Crippen molar-refractivity contribution >= 4 is 11.7 Å². The van der Waals surface area contributed by atoms with Crippen molar-refractivity contribution in [3.8, 4) is 0 Å². The van der Waals surface area contributed by atoms with E-state index in [1.807, 2.05) is 20.9 Å². The number of rotatable bonds is 2. The molecule has 16 heavy (non-hydrogen) atoms. The van der Waals surface area contributed by atoms with Crippen LogP contribution in [0.1, 0.15) is 40.5 Å². The van der Waals surface area contributed by atoms with Gasteiger partial charge in [0, 0.05) is 19.8 Å². The summed E-state index contributed by atoms with van der Waals surface area (Å²) < 4.78 is 0.201. The maximum atomic E-state index is 11.9. The van der Waals surface area contributed by atoms with E-state index in [0.717, 1.165) is 19.4 Å². The molecule has 1 aliphatic rings. The van der Waals surface area contributed by atoms with Gasteiger partial charge in [-0.1, -0.05) is 13.8 Å². The molecule has 2 N–H and O–H groups in total. The van der Waals surface area contributed by atoms with E-state index in [0.29, 0.717) is 0 Å². The topological polar surface area (TPSA) is 60.2 Å². The third kappa shape index (κ3) is 2.89. The van der Waals surface area contributed by atoms with Gasteiger partial charge in [-0.25, -0.2) is 4.79 Å². The summed E-state index contributed by atoms with van der Waals surface area (Å²) in [5.41, 5.74) is 5.59. The van der Waals surface area contributed by atoms with E-state index in [2.05, 4.69) is 0 Å². The lowest BCUT2D eigenvalue weighted by Gasteiger charge is -2.33. The first-order valence-electron chi connectivity index (χ1n) is 6.05. The van der Waals surface area contributed by atoms with Gasteiger partial charge in [-0.05, 0) is 6.92 Å². The molecule has 0 aromatic heterocycles.